The highest BCUT2D eigenvalue weighted by atomic mass is 16.5. The number of carbonyl (C=O) groups excluding carboxylic acids is 1. The van der Waals surface area contributed by atoms with Crippen molar-refractivity contribution >= 4 is 6.29 Å². The number of ether oxygens (including phenoxy) is 1. The summed E-state index contributed by atoms with van der Waals surface area (Å²) < 4.78 is 5.45. The number of hydrogen-bond acceptors (Lipinski definition) is 2. The smallest absolute Gasteiger partial charge is 0.122 e. The predicted molar refractivity (Wildman–Crippen MR) is 57.3 cm³/mol. The van der Waals surface area contributed by atoms with E-state index in [1.807, 2.05) is 0 Å². The van der Waals surface area contributed by atoms with Crippen LogP contribution in [0, 0.1) is 5.92 Å². The van der Waals surface area contributed by atoms with Crippen LogP contribution in [0.3, 0.4) is 0 Å². The van der Waals surface area contributed by atoms with Crippen LogP contribution >= 0.6 is 0 Å². The molecule has 0 bridgehead atoms. The standard InChI is InChI=1S/C12H22O2/c1-12(14-2,8-9-13)10-11-6-4-3-5-7-11/h9,11H,3-8,10H2,1-2H3. The Balaban J connectivity index is 2.41. The number of carbonyl (C=O) groups is 1. The van der Waals surface area contributed by atoms with Gasteiger partial charge in [-0.3, -0.25) is 0 Å². The van der Waals surface area contributed by atoms with Gasteiger partial charge in [0.1, 0.15) is 6.29 Å². The largest absolute Gasteiger partial charge is 0.378 e. The Morgan fingerprint density at radius 2 is 2.00 bits per heavy atom. The number of rotatable bonds is 5. The van der Waals surface area contributed by atoms with Crippen molar-refractivity contribution in [2.75, 3.05) is 7.11 Å². The Labute approximate surface area is 87.0 Å². The Kier molecular flexibility index (Phi) is 4.59. The zero-order chi connectivity index (χ0) is 10.4. The molecule has 1 saturated carbocycles. The van der Waals surface area contributed by atoms with E-state index in [9.17, 15) is 4.79 Å². The van der Waals surface area contributed by atoms with Gasteiger partial charge in [-0.15, -0.1) is 0 Å². The molecule has 2 nitrogen and oxygen atoms in total. The third-order valence-electron chi connectivity index (χ3n) is 3.45. The van der Waals surface area contributed by atoms with E-state index in [0.29, 0.717) is 6.42 Å². The van der Waals surface area contributed by atoms with Crippen LogP contribution in [0.4, 0.5) is 0 Å². The Bertz CT molecular complexity index is 173. The third kappa shape index (κ3) is 3.41. The molecule has 14 heavy (non-hydrogen) atoms. The molecular formula is C12H22O2. The SMILES string of the molecule is COC(C)(CC=O)CC1CCCCC1. The van der Waals surface area contributed by atoms with Gasteiger partial charge in [-0.2, -0.15) is 0 Å². The summed E-state index contributed by atoms with van der Waals surface area (Å²) in [5, 5.41) is 0. The normalized spacial score (nSPS) is 23.0. The van der Waals surface area contributed by atoms with E-state index < -0.39 is 0 Å². The van der Waals surface area contributed by atoms with Gasteiger partial charge in [0.05, 0.1) is 5.60 Å². The van der Waals surface area contributed by atoms with Gasteiger partial charge in [0, 0.05) is 13.5 Å². The van der Waals surface area contributed by atoms with Crippen molar-refractivity contribution in [3.8, 4) is 0 Å². The molecule has 0 radical (unpaired) electrons. The van der Waals surface area contributed by atoms with Crippen molar-refractivity contribution in [1.82, 2.24) is 0 Å². The summed E-state index contributed by atoms with van der Waals surface area (Å²) in [4.78, 5) is 10.5. The van der Waals surface area contributed by atoms with Crippen molar-refractivity contribution < 1.29 is 9.53 Å². The molecule has 0 N–H and O–H groups in total. The van der Waals surface area contributed by atoms with E-state index in [1.54, 1.807) is 7.11 Å². The van der Waals surface area contributed by atoms with E-state index in [-0.39, 0.29) is 5.60 Å². The van der Waals surface area contributed by atoms with Gasteiger partial charge in [0.2, 0.25) is 0 Å². The molecule has 2 heteroatoms. The van der Waals surface area contributed by atoms with Crippen molar-refractivity contribution in [3.05, 3.63) is 0 Å². The first-order chi connectivity index (χ1) is 6.70. The average Bonchev–Trinajstić information content (AvgIpc) is 2.20. The molecule has 1 rings (SSSR count). The lowest BCUT2D eigenvalue weighted by molar-refractivity contribution is -0.114. The first-order valence-electron chi connectivity index (χ1n) is 5.69. The van der Waals surface area contributed by atoms with E-state index in [4.69, 9.17) is 4.74 Å². The van der Waals surface area contributed by atoms with Crippen LogP contribution in [0.5, 0.6) is 0 Å². The molecule has 0 aromatic carbocycles. The number of methoxy groups -OCH3 is 1. The summed E-state index contributed by atoms with van der Waals surface area (Å²) in [6.07, 6.45) is 9.27. The quantitative estimate of drug-likeness (QED) is 0.635. The zero-order valence-corrected chi connectivity index (χ0v) is 9.42. The summed E-state index contributed by atoms with van der Waals surface area (Å²) in [6, 6.07) is 0. The fraction of sp³-hybridized carbons (Fsp3) is 0.917. The average molecular weight is 198 g/mol. The molecule has 0 aromatic rings. The molecule has 0 saturated heterocycles. The van der Waals surface area contributed by atoms with Crippen LogP contribution < -0.4 is 0 Å². The van der Waals surface area contributed by atoms with Gasteiger partial charge in [-0.25, -0.2) is 0 Å². The lowest BCUT2D eigenvalue weighted by atomic mass is 9.80. The molecule has 1 unspecified atom stereocenters. The van der Waals surface area contributed by atoms with Gasteiger partial charge in [-0.1, -0.05) is 32.1 Å². The third-order valence-corrected chi connectivity index (χ3v) is 3.45. The zero-order valence-electron chi connectivity index (χ0n) is 9.42. The van der Waals surface area contributed by atoms with E-state index in [2.05, 4.69) is 6.92 Å². The predicted octanol–water partition coefficient (Wildman–Crippen LogP) is 2.95. The molecule has 1 atom stereocenters. The minimum absolute atomic E-state index is 0.218. The van der Waals surface area contributed by atoms with Crippen molar-refractivity contribution in [3.63, 3.8) is 0 Å². The second-order valence-corrected chi connectivity index (χ2v) is 4.73. The topological polar surface area (TPSA) is 26.3 Å². The summed E-state index contributed by atoms with van der Waals surface area (Å²) in [5.41, 5.74) is -0.218. The van der Waals surface area contributed by atoms with Crippen molar-refractivity contribution in [1.29, 1.82) is 0 Å². The highest BCUT2D eigenvalue weighted by molar-refractivity contribution is 5.51. The first-order valence-corrected chi connectivity index (χ1v) is 5.69. The van der Waals surface area contributed by atoms with Crippen molar-refractivity contribution in [2.45, 2.75) is 57.5 Å². The molecule has 1 aliphatic rings. The monoisotopic (exact) mass is 198 g/mol. The van der Waals surface area contributed by atoms with E-state index in [1.165, 1.54) is 32.1 Å². The maximum Gasteiger partial charge on any atom is 0.122 e. The van der Waals surface area contributed by atoms with Crippen LogP contribution in [0.1, 0.15) is 51.9 Å². The lowest BCUT2D eigenvalue weighted by Crippen LogP contribution is -2.31. The molecule has 0 amide bonds. The number of hydrogen-bond donors (Lipinski definition) is 0. The Hall–Kier alpha value is -0.370. The highest BCUT2D eigenvalue weighted by Crippen LogP contribution is 2.32. The van der Waals surface area contributed by atoms with Crippen LogP contribution in [-0.4, -0.2) is 19.0 Å². The molecule has 0 aliphatic heterocycles. The molecule has 0 heterocycles. The van der Waals surface area contributed by atoms with Gasteiger partial charge in [-0.05, 0) is 19.3 Å². The minimum Gasteiger partial charge on any atom is -0.378 e. The van der Waals surface area contributed by atoms with Crippen LogP contribution in [0.2, 0.25) is 0 Å². The van der Waals surface area contributed by atoms with Crippen LogP contribution in [-0.2, 0) is 9.53 Å². The summed E-state index contributed by atoms with van der Waals surface area (Å²) in [6.45, 7) is 2.05. The highest BCUT2D eigenvalue weighted by Gasteiger charge is 2.28. The van der Waals surface area contributed by atoms with Gasteiger partial charge >= 0.3 is 0 Å². The molecule has 82 valence electrons. The molecular weight excluding hydrogens is 176 g/mol. The van der Waals surface area contributed by atoms with Gasteiger partial charge in [0.15, 0.2) is 0 Å². The number of aldehydes is 1. The molecule has 1 aliphatic carbocycles. The summed E-state index contributed by atoms with van der Waals surface area (Å²) in [7, 11) is 1.71. The second kappa shape index (κ2) is 5.50. The Morgan fingerprint density at radius 3 is 2.50 bits per heavy atom. The van der Waals surface area contributed by atoms with Gasteiger partial charge < -0.3 is 9.53 Å². The van der Waals surface area contributed by atoms with E-state index >= 15 is 0 Å². The molecule has 1 fully saturated rings. The summed E-state index contributed by atoms with van der Waals surface area (Å²) in [5.74, 6) is 0.772. The Morgan fingerprint density at radius 1 is 1.36 bits per heavy atom. The maximum atomic E-state index is 10.5. The molecule has 0 spiro atoms. The lowest BCUT2D eigenvalue weighted by Gasteiger charge is -2.32. The van der Waals surface area contributed by atoms with Crippen LogP contribution in [0.15, 0.2) is 0 Å². The minimum atomic E-state index is -0.218. The first kappa shape index (κ1) is 11.7. The summed E-state index contributed by atoms with van der Waals surface area (Å²) >= 11 is 0. The van der Waals surface area contributed by atoms with E-state index in [0.717, 1.165) is 18.6 Å². The van der Waals surface area contributed by atoms with Crippen LogP contribution in [0.25, 0.3) is 0 Å². The van der Waals surface area contributed by atoms with Gasteiger partial charge in [0.25, 0.3) is 0 Å². The molecule has 0 aromatic heterocycles. The fourth-order valence-electron chi connectivity index (χ4n) is 2.43. The van der Waals surface area contributed by atoms with Crippen molar-refractivity contribution in [2.24, 2.45) is 5.92 Å². The fourth-order valence-corrected chi connectivity index (χ4v) is 2.43. The maximum absolute atomic E-state index is 10.5. The second-order valence-electron chi connectivity index (χ2n) is 4.73.